The van der Waals surface area contributed by atoms with Gasteiger partial charge in [-0.05, 0) is 56.4 Å². The molecule has 3 aliphatic rings. The first-order valence-corrected chi connectivity index (χ1v) is 9.18. The minimum Gasteiger partial charge on any atom is -0.459 e. The van der Waals surface area contributed by atoms with Gasteiger partial charge < -0.3 is 18.8 Å². The van der Waals surface area contributed by atoms with Gasteiger partial charge in [0.25, 0.3) is 5.91 Å². The Morgan fingerprint density at radius 3 is 2.79 bits per heavy atom. The van der Waals surface area contributed by atoms with E-state index < -0.39 is 0 Å². The third-order valence-corrected chi connectivity index (χ3v) is 5.81. The zero-order chi connectivity index (χ0) is 16.6. The predicted molar refractivity (Wildman–Crippen MR) is 88.9 cm³/mol. The SMILES string of the molecule is Cc1ccoc1C(=O)N1CCC2(CC1)COC(COCC1CC1)C2. The third kappa shape index (κ3) is 3.38. The summed E-state index contributed by atoms with van der Waals surface area (Å²) >= 11 is 0. The van der Waals surface area contributed by atoms with Gasteiger partial charge in [0.1, 0.15) is 0 Å². The Kier molecular flexibility index (Phi) is 4.39. The molecular formula is C19H27NO4. The summed E-state index contributed by atoms with van der Waals surface area (Å²) in [6.07, 6.45) is 7.57. The Hall–Kier alpha value is -1.33. The molecule has 1 aromatic heterocycles. The summed E-state index contributed by atoms with van der Waals surface area (Å²) in [6, 6.07) is 1.84. The quantitative estimate of drug-likeness (QED) is 0.831. The Morgan fingerprint density at radius 1 is 1.33 bits per heavy atom. The summed E-state index contributed by atoms with van der Waals surface area (Å²) in [5.74, 6) is 1.32. The minimum atomic E-state index is 0.0237. The molecule has 0 aromatic carbocycles. The molecular weight excluding hydrogens is 306 g/mol. The van der Waals surface area contributed by atoms with Crippen LogP contribution in [0.4, 0.5) is 0 Å². The van der Waals surface area contributed by atoms with Gasteiger partial charge in [-0.25, -0.2) is 0 Å². The lowest BCUT2D eigenvalue weighted by Crippen LogP contribution is -2.43. The number of hydrogen-bond donors (Lipinski definition) is 0. The molecule has 2 aliphatic heterocycles. The molecule has 5 heteroatoms. The molecule has 1 spiro atoms. The first-order valence-electron chi connectivity index (χ1n) is 9.18. The molecule has 1 aromatic rings. The van der Waals surface area contributed by atoms with Crippen molar-refractivity contribution < 1.29 is 18.7 Å². The van der Waals surface area contributed by atoms with Crippen LogP contribution >= 0.6 is 0 Å². The number of carbonyl (C=O) groups is 1. The number of hydrogen-bond acceptors (Lipinski definition) is 4. The van der Waals surface area contributed by atoms with Crippen LogP contribution < -0.4 is 0 Å². The monoisotopic (exact) mass is 333 g/mol. The number of nitrogens with zero attached hydrogens (tertiary/aromatic N) is 1. The number of furan rings is 1. The van der Waals surface area contributed by atoms with Crippen molar-refractivity contribution in [3.63, 3.8) is 0 Å². The summed E-state index contributed by atoms with van der Waals surface area (Å²) in [7, 11) is 0. The maximum absolute atomic E-state index is 12.5. The fourth-order valence-corrected chi connectivity index (χ4v) is 3.92. The normalized spacial score (nSPS) is 26.2. The smallest absolute Gasteiger partial charge is 0.289 e. The molecule has 2 saturated heterocycles. The average molecular weight is 333 g/mol. The summed E-state index contributed by atoms with van der Waals surface area (Å²) < 4.78 is 17.1. The maximum Gasteiger partial charge on any atom is 0.289 e. The van der Waals surface area contributed by atoms with Crippen LogP contribution in [0, 0.1) is 18.3 Å². The summed E-state index contributed by atoms with van der Waals surface area (Å²) in [5.41, 5.74) is 1.15. The zero-order valence-electron chi connectivity index (χ0n) is 14.5. The van der Waals surface area contributed by atoms with E-state index in [2.05, 4.69) is 0 Å². The van der Waals surface area contributed by atoms with Crippen molar-refractivity contribution in [1.29, 1.82) is 0 Å². The van der Waals surface area contributed by atoms with E-state index in [1.54, 1.807) is 6.26 Å². The van der Waals surface area contributed by atoms with Gasteiger partial charge in [0, 0.05) is 25.3 Å². The Labute approximate surface area is 143 Å². The van der Waals surface area contributed by atoms with E-state index in [-0.39, 0.29) is 17.4 Å². The summed E-state index contributed by atoms with van der Waals surface area (Å²) in [6.45, 7) is 5.94. The second kappa shape index (κ2) is 6.52. The number of likely N-dealkylation sites (tertiary alicyclic amines) is 1. The lowest BCUT2D eigenvalue weighted by molar-refractivity contribution is 0.00930. The molecule has 1 atom stereocenters. The number of amides is 1. The van der Waals surface area contributed by atoms with Gasteiger partial charge >= 0.3 is 0 Å². The van der Waals surface area contributed by atoms with Crippen molar-refractivity contribution in [2.24, 2.45) is 11.3 Å². The highest BCUT2D eigenvalue weighted by Gasteiger charge is 2.43. The first-order chi connectivity index (χ1) is 11.7. The van der Waals surface area contributed by atoms with Crippen molar-refractivity contribution in [1.82, 2.24) is 4.90 Å². The van der Waals surface area contributed by atoms with E-state index in [1.165, 1.54) is 12.8 Å². The number of ether oxygens (including phenoxy) is 2. The topological polar surface area (TPSA) is 51.9 Å². The van der Waals surface area contributed by atoms with Crippen molar-refractivity contribution in [3.8, 4) is 0 Å². The largest absolute Gasteiger partial charge is 0.459 e. The molecule has 24 heavy (non-hydrogen) atoms. The molecule has 0 radical (unpaired) electrons. The van der Waals surface area contributed by atoms with Crippen LogP contribution in [0.25, 0.3) is 0 Å². The van der Waals surface area contributed by atoms with Gasteiger partial charge in [0.15, 0.2) is 5.76 Å². The van der Waals surface area contributed by atoms with Crippen LogP contribution in [0.1, 0.15) is 48.2 Å². The Balaban J connectivity index is 1.26. The fraction of sp³-hybridized carbons (Fsp3) is 0.737. The number of aryl methyl sites for hydroxylation is 1. The van der Waals surface area contributed by atoms with Crippen LogP contribution in [-0.2, 0) is 9.47 Å². The molecule has 1 aliphatic carbocycles. The third-order valence-electron chi connectivity index (χ3n) is 5.81. The highest BCUT2D eigenvalue weighted by atomic mass is 16.5. The molecule has 1 unspecified atom stereocenters. The summed E-state index contributed by atoms with van der Waals surface area (Å²) in [4.78, 5) is 14.5. The zero-order valence-corrected chi connectivity index (χ0v) is 14.5. The van der Waals surface area contributed by atoms with E-state index in [0.717, 1.165) is 63.7 Å². The molecule has 1 saturated carbocycles. The van der Waals surface area contributed by atoms with E-state index in [0.29, 0.717) is 5.76 Å². The lowest BCUT2D eigenvalue weighted by Gasteiger charge is -2.38. The molecule has 0 N–H and O–H groups in total. The van der Waals surface area contributed by atoms with Gasteiger partial charge in [0.2, 0.25) is 0 Å². The maximum atomic E-state index is 12.5. The van der Waals surface area contributed by atoms with E-state index in [4.69, 9.17) is 13.9 Å². The highest BCUT2D eigenvalue weighted by molar-refractivity contribution is 5.92. The average Bonchev–Trinajstić information content (AvgIpc) is 3.18. The second-order valence-corrected chi connectivity index (χ2v) is 7.84. The lowest BCUT2D eigenvalue weighted by atomic mass is 9.76. The van der Waals surface area contributed by atoms with Gasteiger partial charge in [-0.1, -0.05) is 0 Å². The van der Waals surface area contributed by atoms with Crippen LogP contribution in [-0.4, -0.2) is 49.8 Å². The molecule has 3 fully saturated rings. The number of carbonyl (C=O) groups excluding carboxylic acids is 1. The van der Waals surface area contributed by atoms with Gasteiger partial charge in [-0.2, -0.15) is 0 Å². The van der Waals surface area contributed by atoms with Crippen molar-refractivity contribution in [2.75, 3.05) is 32.9 Å². The summed E-state index contributed by atoms with van der Waals surface area (Å²) in [5, 5.41) is 0. The fourth-order valence-electron chi connectivity index (χ4n) is 3.92. The van der Waals surface area contributed by atoms with Crippen LogP contribution in [0.3, 0.4) is 0 Å². The Bertz CT molecular complexity index is 584. The molecule has 3 heterocycles. The second-order valence-electron chi connectivity index (χ2n) is 7.84. The van der Waals surface area contributed by atoms with Crippen LogP contribution in [0.15, 0.2) is 16.7 Å². The van der Waals surface area contributed by atoms with E-state index >= 15 is 0 Å². The minimum absolute atomic E-state index is 0.0237. The van der Waals surface area contributed by atoms with Gasteiger partial charge in [-0.15, -0.1) is 0 Å². The van der Waals surface area contributed by atoms with Crippen molar-refractivity contribution in [3.05, 3.63) is 23.7 Å². The highest BCUT2D eigenvalue weighted by Crippen LogP contribution is 2.42. The molecule has 132 valence electrons. The molecule has 4 rings (SSSR count). The van der Waals surface area contributed by atoms with Gasteiger partial charge in [0.05, 0.1) is 25.6 Å². The van der Waals surface area contributed by atoms with Crippen molar-refractivity contribution >= 4 is 5.91 Å². The number of rotatable bonds is 5. The molecule has 0 bridgehead atoms. The predicted octanol–water partition coefficient (Wildman–Crippen LogP) is 3.03. The molecule has 1 amide bonds. The number of piperidine rings is 1. The van der Waals surface area contributed by atoms with Crippen molar-refractivity contribution in [2.45, 2.75) is 45.1 Å². The van der Waals surface area contributed by atoms with E-state index in [9.17, 15) is 4.79 Å². The van der Waals surface area contributed by atoms with Crippen LogP contribution in [0.5, 0.6) is 0 Å². The van der Waals surface area contributed by atoms with Crippen LogP contribution in [0.2, 0.25) is 0 Å². The standard InChI is InChI=1S/C19H27NO4/c1-14-4-9-23-17(14)18(21)20-7-5-19(6-8-20)10-16(24-13-19)12-22-11-15-2-3-15/h4,9,15-16H,2-3,5-8,10-13H2,1H3. The van der Waals surface area contributed by atoms with E-state index in [1.807, 2.05) is 17.9 Å². The molecule has 5 nitrogen and oxygen atoms in total. The van der Waals surface area contributed by atoms with Gasteiger partial charge in [-0.3, -0.25) is 4.79 Å². The Morgan fingerprint density at radius 2 is 2.12 bits per heavy atom. The first kappa shape index (κ1) is 16.2.